The Kier molecular flexibility index (Phi) is 9.17. The summed E-state index contributed by atoms with van der Waals surface area (Å²) in [6.07, 6.45) is 1.76. The zero-order chi connectivity index (χ0) is 30.0. The SMILES string of the molecule is C[C@H]1CNC[C@H](CCc2c(F)cccc2CC(=O)[C@@H](N)C(c2cccc(F)c2)c2cccc(F)c2)N1S(=O)(=O)C1CC1. The van der Waals surface area contributed by atoms with Crippen molar-refractivity contribution in [3.63, 3.8) is 0 Å². The van der Waals surface area contributed by atoms with E-state index < -0.39 is 45.2 Å². The Labute approximate surface area is 245 Å². The van der Waals surface area contributed by atoms with E-state index in [2.05, 4.69) is 5.32 Å². The summed E-state index contributed by atoms with van der Waals surface area (Å²) in [4.78, 5) is 13.6. The van der Waals surface area contributed by atoms with Crippen molar-refractivity contribution in [1.82, 2.24) is 9.62 Å². The van der Waals surface area contributed by atoms with Gasteiger partial charge in [-0.1, -0.05) is 36.4 Å². The molecule has 2 fully saturated rings. The van der Waals surface area contributed by atoms with Gasteiger partial charge in [-0.15, -0.1) is 0 Å². The summed E-state index contributed by atoms with van der Waals surface area (Å²) in [6, 6.07) is 14.2. The van der Waals surface area contributed by atoms with Gasteiger partial charge in [0.1, 0.15) is 17.5 Å². The second-order valence-electron chi connectivity index (χ2n) is 11.4. The van der Waals surface area contributed by atoms with Gasteiger partial charge >= 0.3 is 0 Å². The second-order valence-corrected chi connectivity index (χ2v) is 13.5. The molecule has 3 aromatic rings. The number of nitrogens with one attached hydrogen (secondary N) is 1. The van der Waals surface area contributed by atoms with Crippen molar-refractivity contribution in [3.8, 4) is 0 Å². The zero-order valence-corrected chi connectivity index (χ0v) is 24.3. The van der Waals surface area contributed by atoms with Gasteiger partial charge in [-0.3, -0.25) is 4.79 Å². The fraction of sp³-hybridized carbons (Fsp3) is 0.406. The summed E-state index contributed by atoms with van der Waals surface area (Å²) in [7, 11) is -3.43. The molecule has 6 nitrogen and oxygen atoms in total. The Morgan fingerprint density at radius 1 is 0.976 bits per heavy atom. The first kappa shape index (κ1) is 30.4. The highest BCUT2D eigenvalue weighted by Gasteiger charge is 2.45. The van der Waals surface area contributed by atoms with Crippen LogP contribution in [0.3, 0.4) is 0 Å². The molecule has 0 radical (unpaired) electrons. The molecule has 1 aliphatic carbocycles. The molecular formula is C32H36F3N3O3S. The standard InChI is InChI=1S/C32H36F3N3O3S/c1-20-18-37-19-26(38(20)42(40,41)27-12-13-27)11-14-28-21(5-4-10-29(28)35)17-30(39)32(36)31(22-6-2-8-24(33)15-22)23-7-3-9-25(34)16-23/h2-10,15-16,20,26-27,31-32,37H,11-14,17-19,36H2,1H3/t20-,26-,32+/m0/s1. The summed E-state index contributed by atoms with van der Waals surface area (Å²) >= 11 is 0. The summed E-state index contributed by atoms with van der Waals surface area (Å²) in [6.45, 7) is 2.89. The van der Waals surface area contributed by atoms with Crippen molar-refractivity contribution in [3.05, 3.63) is 106 Å². The van der Waals surface area contributed by atoms with E-state index in [1.807, 2.05) is 6.92 Å². The molecule has 3 N–H and O–H groups in total. The predicted octanol–water partition coefficient (Wildman–Crippen LogP) is 4.46. The molecule has 3 aromatic carbocycles. The van der Waals surface area contributed by atoms with Gasteiger partial charge < -0.3 is 11.1 Å². The third-order valence-corrected chi connectivity index (χ3v) is 10.9. The van der Waals surface area contributed by atoms with Crippen molar-refractivity contribution < 1.29 is 26.4 Å². The molecule has 2 aliphatic rings. The number of hydrogen-bond donors (Lipinski definition) is 2. The Hall–Kier alpha value is -3.05. The number of Topliss-reactive ketones (excluding diaryl/α,β-unsaturated/α-hetero) is 1. The number of benzene rings is 3. The molecule has 3 atom stereocenters. The van der Waals surface area contributed by atoms with Crippen molar-refractivity contribution in [2.24, 2.45) is 5.73 Å². The normalized spacial score (nSPS) is 20.5. The quantitative estimate of drug-likeness (QED) is 0.340. The van der Waals surface area contributed by atoms with Crippen LogP contribution in [-0.4, -0.2) is 55.0 Å². The number of halogens is 3. The van der Waals surface area contributed by atoms with Crippen LogP contribution in [0.4, 0.5) is 13.2 Å². The highest BCUT2D eigenvalue weighted by molar-refractivity contribution is 7.90. The van der Waals surface area contributed by atoms with Crippen LogP contribution in [0.1, 0.15) is 54.4 Å². The van der Waals surface area contributed by atoms with E-state index in [0.717, 1.165) is 0 Å². The molecule has 1 aliphatic heterocycles. The summed E-state index contributed by atoms with van der Waals surface area (Å²) in [5, 5.41) is 2.95. The first-order valence-electron chi connectivity index (χ1n) is 14.3. The van der Waals surface area contributed by atoms with Gasteiger partial charge in [-0.2, -0.15) is 4.31 Å². The number of rotatable bonds is 11. The summed E-state index contributed by atoms with van der Waals surface area (Å²) in [5.74, 6) is -2.73. The first-order chi connectivity index (χ1) is 20.1. The molecule has 0 aromatic heterocycles. The van der Waals surface area contributed by atoms with Crippen LogP contribution in [0.5, 0.6) is 0 Å². The molecule has 224 valence electrons. The predicted molar refractivity (Wildman–Crippen MR) is 156 cm³/mol. The maximum Gasteiger partial charge on any atom is 0.217 e. The maximum absolute atomic E-state index is 15.2. The topological polar surface area (TPSA) is 92.5 Å². The fourth-order valence-electron chi connectivity index (χ4n) is 6.08. The van der Waals surface area contributed by atoms with E-state index in [-0.39, 0.29) is 30.2 Å². The minimum atomic E-state index is -3.43. The molecule has 1 saturated heterocycles. The van der Waals surface area contributed by atoms with Crippen molar-refractivity contribution in [2.75, 3.05) is 13.1 Å². The van der Waals surface area contributed by atoms with Gasteiger partial charge in [0.25, 0.3) is 0 Å². The summed E-state index contributed by atoms with van der Waals surface area (Å²) in [5.41, 5.74) is 8.15. The number of carbonyl (C=O) groups is 1. The largest absolute Gasteiger partial charge is 0.321 e. The zero-order valence-electron chi connectivity index (χ0n) is 23.5. The Morgan fingerprint density at radius 3 is 2.19 bits per heavy atom. The number of ketones is 1. The lowest BCUT2D eigenvalue weighted by atomic mass is 9.82. The number of hydrogen-bond acceptors (Lipinski definition) is 5. The molecule has 0 unspecified atom stereocenters. The van der Waals surface area contributed by atoms with Crippen molar-refractivity contribution >= 4 is 15.8 Å². The molecule has 1 saturated carbocycles. The van der Waals surface area contributed by atoms with Gasteiger partial charge in [-0.25, -0.2) is 21.6 Å². The summed E-state index contributed by atoms with van der Waals surface area (Å²) < 4.78 is 71.5. The average Bonchev–Trinajstić information content (AvgIpc) is 3.79. The molecule has 42 heavy (non-hydrogen) atoms. The van der Waals surface area contributed by atoms with Crippen molar-refractivity contribution in [2.45, 2.75) is 68.3 Å². The third kappa shape index (κ3) is 6.62. The molecular weight excluding hydrogens is 563 g/mol. The Bertz CT molecular complexity index is 1500. The van der Waals surface area contributed by atoms with E-state index in [9.17, 15) is 22.0 Å². The molecule has 10 heteroatoms. The van der Waals surface area contributed by atoms with Crippen LogP contribution in [-0.2, 0) is 27.7 Å². The monoisotopic (exact) mass is 599 g/mol. The van der Waals surface area contributed by atoms with E-state index in [0.29, 0.717) is 54.6 Å². The maximum atomic E-state index is 15.2. The molecule has 0 amide bonds. The second kappa shape index (κ2) is 12.7. The number of sulfonamides is 1. The number of nitrogens with zero attached hydrogens (tertiary/aromatic N) is 1. The minimum absolute atomic E-state index is 0.182. The van der Waals surface area contributed by atoms with Gasteiger partial charge in [0, 0.05) is 37.5 Å². The van der Waals surface area contributed by atoms with Crippen LogP contribution in [0.15, 0.2) is 66.7 Å². The van der Waals surface area contributed by atoms with Crippen LogP contribution in [0.2, 0.25) is 0 Å². The van der Waals surface area contributed by atoms with E-state index in [1.165, 1.54) is 48.5 Å². The number of carbonyl (C=O) groups excluding carboxylic acids is 1. The van der Waals surface area contributed by atoms with Gasteiger partial charge in [0.2, 0.25) is 10.0 Å². The minimum Gasteiger partial charge on any atom is -0.321 e. The first-order valence-corrected chi connectivity index (χ1v) is 15.8. The average molecular weight is 600 g/mol. The molecule has 0 bridgehead atoms. The van der Waals surface area contributed by atoms with Crippen molar-refractivity contribution in [1.29, 1.82) is 0 Å². The lowest BCUT2D eigenvalue weighted by Crippen LogP contribution is -2.59. The van der Waals surface area contributed by atoms with E-state index in [4.69, 9.17) is 5.73 Å². The number of nitrogens with two attached hydrogens (primary N) is 1. The van der Waals surface area contributed by atoms with Crippen LogP contribution in [0.25, 0.3) is 0 Å². The number of piperazine rings is 1. The highest BCUT2D eigenvalue weighted by Crippen LogP contribution is 2.35. The lowest BCUT2D eigenvalue weighted by molar-refractivity contribution is -0.119. The molecule has 0 spiro atoms. The molecule has 1 heterocycles. The Balaban J connectivity index is 1.37. The smallest absolute Gasteiger partial charge is 0.217 e. The van der Waals surface area contributed by atoms with Crippen LogP contribution in [0, 0.1) is 17.5 Å². The van der Waals surface area contributed by atoms with Crippen LogP contribution < -0.4 is 11.1 Å². The van der Waals surface area contributed by atoms with E-state index in [1.54, 1.807) is 22.5 Å². The van der Waals surface area contributed by atoms with Gasteiger partial charge in [0.05, 0.1) is 11.3 Å². The highest BCUT2D eigenvalue weighted by atomic mass is 32.2. The Morgan fingerprint density at radius 2 is 1.60 bits per heavy atom. The third-order valence-electron chi connectivity index (χ3n) is 8.31. The van der Waals surface area contributed by atoms with Gasteiger partial charge in [-0.05, 0) is 85.2 Å². The fourth-order valence-corrected chi connectivity index (χ4v) is 8.33. The van der Waals surface area contributed by atoms with Crippen LogP contribution >= 0.6 is 0 Å². The lowest BCUT2D eigenvalue weighted by Gasteiger charge is -2.40. The van der Waals surface area contributed by atoms with E-state index >= 15 is 4.39 Å². The molecule has 5 rings (SSSR count). The van der Waals surface area contributed by atoms with Gasteiger partial charge in [0.15, 0.2) is 5.78 Å².